The minimum Gasteiger partial charge on any atom is -0.481 e. The molecule has 0 saturated heterocycles. The predicted octanol–water partition coefficient (Wildman–Crippen LogP) is 0.744. The van der Waals surface area contributed by atoms with E-state index in [1.54, 1.807) is 14.0 Å². The van der Waals surface area contributed by atoms with E-state index in [4.69, 9.17) is 9.84 Å². The highest BCUT2D eigenvalue weighted by Gasteiger charge is 2.56. The molecule has 3 nitrogen and oxygen atoms in total. The van der Waals surface area contributed by atoms with Crippen molar-refractivity contribution in [3.63, 3.8) is 0 Å². The zero-order chi connectivity index (χ0) is 7.78. The van der Waals surface area contributed by atoms with Crippen LogP contribution in [0.4, 0.5) is 0 Å². The van der Waals surface area contributed by atoms with Crippen molar-refractivity contribution in [2.24, 2.45) is 11.3 Å². The molecule has 1 rings (SSSR count). The molecule has 1 fully saturated rings. The summed E-state index contributed by atoms with van der Waals surface area (Å²) in [6.45, 7) is 2.34. The first-order valence-electron chi connectivity index (χ1n) is 3.33. The Labute approximate surface area is 60.0 Å². The normalized spacial score (nSPS) is 37.6. The zero-order valence-electron chi connectivity index (χ0n) is 6.26. The van der Waals surface area contributed by atoms with Crippen LogP contribution in [0.3, 0.4) is 0 Å². The molecule has 58 valence electrons. The molecule has 0 heterocycles. The third-order valence-corrected chi connectivity index (χ3v) is 2.27. The number of hydrogen-bond donors (Lipinski definition) is 1. The molecule has 2 atom stereocenters. The Kier molecular flexibility index (Phi) is 1.68. The fraction of sp³-hybridized carbons (Fsp3) is 0.857. The monoisotopic (exact) mass is 144 g/mol. The minimum absolute atomic E-state index is 0.231. The van der Waals surface area contributed by atoms with E-state index in [0.29, 0.717) is 6.61 Å². The third-order valence-electron chi connectivity index (χ3n) is 2.27. The van der Waals surface area contributed by atoms with Crippen LogP contribution in [0.1, 0.15) is 13.3 Å². The van der Waals surface area contributed by atoms with Crippen LogP contribution in [0.15, 0.2) is 0 Å². The van der Waals surface area contributed by atoms with Gasteiger partial charge in [-0.15, -0.1) is 0 Å². The van der Waals surface area contributed by atoms with E-state index in [2.05, 4.69) is 0 Å². The molecular weight excluding hydrogens is 132 g/mol. The van der Waals surface area contributed by atoms with Crippen LogP contribution in [0.25, 0.3) is 0 Å². The van der Waals surface area contributed by atoms with Gasteiger partial charge in [-0.25, -0.2) is 0 Å². The van der Waals surface area contributed by atoms with Crippen LogP contribution >= 0.6 is 0 Å². The van der Waals surface area contributed by atoms with Gasteiger partial charge in [0.05, 0.1) is 12.0 Å². The van der Waals surface area contributed by atoms with Crippen molar-refractivity contribution >= 4 is 5.97 Å². The average Bonchev–Trinajstić information content (AvgIpc) is 2.45. The largest absolute Gasteiger partial charge is 0.481 e. The Bertz CT molecular complexity index is 155. The molecular formula is C7H12O3. The summed E-state index contributed by atoms with van der Waals surface area (Å²) in [7, 11) is 1.60. The number of carbonyl (C=O) groups is 1. The van der Waals surface area contributed by atoms with Gasteiger partial charge >= 0.3 is 5.97 Å². The zero-order valence-corrected chi connectivity index (χ0v) is 6.26. The Hall–Kier alpha value is -0.570. The highest BCUT2D eigenvalue weighted by molar-refractivity contribution is 5.78. The summed E-state index contributed by atoms with van der Waals surface area (Å²) in [5.74, 6) is -0.468. The highest BCUT2D eigenvalue weighted by Crippen LogP contribution is 2.52. The van der Waals surface area contributed by atoms with E-state index < -0.39 is 11.4 Å². The maximum Gasteiger partial charge on any atom is 0.309 e. The second kappa shape index (κ2) is 2.23. The second-order valence-electron chi connectivity index (χ2n) is 3.08. The molecule has 0 spiro atoms. The lowest BCUT2D eigenvalue weighted by Crippen LogP contribution is -2.14. The molecule has 0 amide bonds. The summed E-state index contributed by atoms with van der Waals surface area (Å²) in [6.07, 6.45) is 0.760. The first-order valence-corrected chi connectivity index (χ1v) is 3.33. The van der Waals surface area contributed by atoms with Gasteiger partial charge in [-0.2, -0.15) is 0 Å². The van der Waals surface area contributed by atoms with Crippen molar-refractivity contribution < 1.29 is 14.6 Å². The lowest BCUT2D eigenvalue weighted by atomic mass is 10.1. The van der Waals surface area contributed by atoms with Gasteiger partial charge in [-0.3, -0.25) is 4.79 Å². The minimum atomic E-state index is -0.699. The lowest BCUT2D eigenvalue weighted by Gasteiger charge is -2.02. The van der Waals surface area contributed by atoms with Gasteiger partial charge in [0, 0.05) is 7.11 Å². The molecule has 0 aromatic rings. The number of methoxy groups -OCH3 is 1. The molecule has 1 saturated carbocycles. The Morgan fingerprint density at radius 2 is 2.50 bits per heavy atom. The molecule has 0 aromatic carbocycles. The van der Waals surface area contributed by atoms with Gasteiger partial charge in [0.2, 0.25) is 0 Å². The summed E-state index contributed by atoms with van der Waals surface area (Å²) in [5, 5.41) is 8.65. The van der Waals surface area contributed by atoms with Crippen LogP contribution < -0.4 is 0 Å². The predicted molar refractivity (Wildman–Crippen MR) is 35.7 cm³/mol. The topological polar surface area (TPSA) is 46.5 Å². The molecule has 0 aliphatic heterocycles. The number of carboxylic acid groups (broad SMARTS) is 1. The Morgan fingerprint density at radius 3 is 2.80 bits per heavy atom. The maximum absolute atomic E-state index is 10.5. The van der Waals surface area contributed by atoms with Crippen LogP contribution in [0.2, 0.25) is 0 Å². The van der Waals surface area contributed by atoms with Crippen LogP contribution in [-0.2, 0) is 9.53 Å². The summed E-state index contributed by atoms with van der Waals surface area (Å²) < 4.78 is 4.85. The van der Waals surface area contributed by atoms with E-state index in [1.165, 1.54) is 0 Å². The number of hydrogen-bond acceptors (Lipinski definition) is 2. The van der Waals surface area contributed by atoms with E-state index in [9.17, 15) is 4.79 Å². The maximum atomic E-state index is 10.5. The van der Waals surface area contributed by atoms with Crippen molar-refractivity contribution in [1.82, 2.24) is 0 Å². The number of carboxylic acids is 1. The molecule has 10 heavy (non-hydrogen) atoms. The Balaban J connectivity index is 2.40. The van der Waals surface area contributed by atoms with Gasteiger partial charge < -0.3 is 9.84 Å². The average molecular weight is 144 g/mol. The Morgan fingerprint density at radius 1 is 1.90 bits per heavy atom. The summed E-state index contributed by atoms with van der Waals surface area (Å²) in [6, 6.07) is 0. The van der Waals surface area contributed by atoms with Crippen molar-refractivity contribution in [1.29, 1.82) is 0 Å². The number of rotatable bonds is 3. The van der Waals surface area contributed by atoms with Crippen LogP contribution in [0, 0.1) is 11.3 Å². The summed E-state index contributed by atoms with van der Waals surface area (Å²) in [4.78, 5) is 10.5. The number of aliphatic carboxylic acids is 1. The SMILES string of the molecule is COC[C@H]1C[C@@]1(C)C(=O)O. The third kappa shape index (κ3) is 1.01. The molecule has 1 N–H and O–H groups in total. The van der Waals surface area contributed by atoms with Crippen molar-refractivity contribution in [2.45, 2.75) is 13.3 Å². The van der Waals surface area contributed by atoms with E-state index >= 15 is 0 Å². The van der Waals surface area contributed by atoms with Crippen LogP contribution in [0.5, 0.6) is 0 Å². The molecule has 0 radical (unpaired) electrons. The van der Waals surface area contributed by atoms with Crippen molar-refractivity contribution in [3.8, 4) is 0 Å². The summed E-state index contributed by atoms with van der Waals surface area (Å²) >= 11 is 0. The summed E-state index contributed by atoms with van der Waals surface area (Å²) in [5.41, 5.74) is -0.490. The van der Waals surface area contributed by atoms with E-state index in [1.807, 2.05) is 0 Å². The number of ether oxygens (including phenoxy) is 1. The lowest BCUT2D eigenvalue weighted by molar-refractivity contribution is -0.143. The molecule has 1 aliphatic carbocycles. The smallest absolute Gasteiger partial charge is 0.309 e. The van der Waals surface area contributed by atoms with Gasteiger partial charge in [-0.05, 0) is 19.3 Å². The molecule has 3 heteroatoms. The van der Waals surface area contributed by atoms with Crippen LogP contribution in [-0.4, -0.2) is 24.8 Å². The van der Waals surface area contributed by atoms with Gasteiger partial charge in [-0.1, -0.05) is 0 Å². The quantitative estimate of drug-likeness (QED) is 0.635. The van der Waals surface area contributed by atoms with E-state index in [-0.39, 0.29) is 5.92 Å². The molecule has 0 unspecified atom stereocenters. The highest BCUT2D eigenvalue weighted by atomic mass is 16.5. The van der Waals surface area contributed by atoms with Crippen molar-refractivity contribution in [2.75, 3.05) is 13.7 Å². The fourth-order valence-electron chi connectivity index (χ4n) is 1.16. The first-order chi connectivity index (χ1) is 4.61. The van der Waals surface area contributed by atoms with E-state index in [0.717, 1.165) is 6.42 Å². The second-order valence-corrected chi connectivity index (χ2v) is 3.08. The van der Waals surface area contributed by atoms with Gasteiger partial charge in [0.25, 0.3) is 0 Å². The standard InChI is InChI=1S/C7H12O3/c1-7(6(8)9)3-5(7)4-10-2/h5H,3-4H2,1-2H3,(H,8,9)/t5-,7-/m1/s1. The molecule has 0 aromatic heterocycles. The van der Waals surface area contributed by atoms with Crippen molar-refractivity contribution in [3.05, 3.63) is 0 Å². The molecule has 1 aliphatic rings. The van der Waals surface area contributed by atoms with Gasteiger partial charge in [0.15, 0.2) is 0 Å². The molecule has 0 bridgehead atoms. The van der Waals surface area contributed by atoms with Gasteiger partial charge in [0.1, 0.15) is 0 Å². The fourth-order valence-corrected chi connectivity index (χ4v) is 1.16. The first kappa shape index (κ1) is 7.54.